The highest BCUT2D eigenvalue weighted by atomic mass is 16.5. The summed E-state index contributed by atoms with van der Waals surface area (Å²) in [6, 6.07) is 28.0. The first kappa shape index (κ1) is 22.0. The molecule has 0 radical (unpaired) electrons. The summed E-state index contributed by atoms with van der Waals surface area (Å²) in [5.41, 5.74) is 2.06. The lowest BCUT2D eigenvalue weighted by Gasteiger charge is -2.35. The van der Waals surface area contributed by atoms with Crippen molar-refractivity contribution in [1.29, 1.82) is 0 Å². The Kier molecular flexibility index (Phi) is 7.03. The van der Waals surface area contributed by atoms with E-state index in [4.69, 9.17) is 4.74 Å². The van der Waals surface area contributed by atoms with E-state index in [0.717, 1.165) is 22.3 Å². The van der Waals surface area contributed by atoms with Crippen LogP contribution < -0.4 is 5.32 Å². The molecule has 3 aromatic rings. The molecule has 0 bridgehead atoms. The van der Waals surface area contributed by atoms with E-state index >= 15 is 0 Å². The minimum Gasteiger partial charge on any atom is -0.467 e. The number of hydrogen-bond donors (Lipinski definition) is 1. The van der Waals surface area contributed by atoms with Gasteiger partial charge in [-0.3, -0.25) is 4.79 Å². The van der Waals surface area contributed by atoms with Gasteiger partial charge in [0.05, 0.1) is 7.11 Å². The molecule has 0 heterocycles. The van der Waals surface area contributed by atoms with Crippen LogP contribution in [0.2, 0.25) is 0 Å². The van der Waals surface area contributed by atoms with Crippen molar-refractivity contribution in [3.05, 3.63) is 120 Å². The number of rotatable bonds is 8. The van der Waals surface area contributed by atoms with E-state index in [1.807, 2.05) is 97.9 Å². The Morgan fingerprint density at radius 1 is 0.839 bits per heavy atom. The Morgan fingerprint density at radius 3 is 1.55 bits per heavy atom. The average Bonchev–Trinajstić information content (AvgIpc) is 2.80. The van der Waals surface area contributed by atoms with Crippen LogP contribution in [0, 0.1) is 0 Å². The third-order valence-electron chi connectivity index (χ3n) is 5.30. The minimum atomic E-state index is -1.15. The molecule has 0 saturated heterocycles. The molecule has 1 N–H and O–H groups in total. The predicted molar refractivity (Wildman–Crippen MR) is 123 cm³/mol. The molecule has 0 aliphatic carbocycles. The maximum atomic E-state index is 14.1. The number of methoxy groups -OCH3 is 1. The van der Waals surface area contributed by atoms with Crippen LogP contribution in [0.15, 0.2) is 103 Å². The summed E-state index contributed by atoms with van der Waals surface area (Å²) < 4.78 is 4.95. The van der Waals surface area contributed by atoms with Crippen LogP contribution in [0.5, 0.6) is 0 Å². The smallest absolute Gasteiger partial charge is 0.328 e. The summed E-state index contributed by atoms with van der Waals surface area (Å²) in [5.74, 6) is -0.799. The van der Waals surface area contributed by atoms with Crippen molar-refractivity contribution >= 4 is 11.9 Å². The fourth-order valence-corrected chi connectivity index (χ4v) is 3.91. The van der Waals surface area contributed by atoms with Gasteiger partial charge in [-0.2, -0.15) is 0 Å². The van der Waals surface area contributed by atoms with E-state index in [1.54, 1.807) is 0 Å². The van der Waals surface area contributed by atoms with E-state index in [9.17, 15) is 9.59 Å². The molecule has 0 aliphatic heterocycles. The van der Waals surface area contributed by atoms with Gasteiger partial charge in [0.2, 0.25) is 5.91 Å². The molecular weight excluding hydrogens is 386 g/mol. The molecule has 0 saturated carbocycles. The zero-order valence-electron chi connectivity index (χ0n) is 17.9. The van der Waals surface area contributed by atoms with Gasteiger partial charge in [0.1, 0.15) is 11.5 Å². The topological polar surface area (TPSA) is 55.4 Å². The fraction of sp³-hybridized carbons (Fsp3) is 0.185. The lowest BCUT2D eigenvalue weighted by atomic mass is 9.68. The first-order valence-corrected chi connectivity index (χ1v) is 10.2. The van der Waals surface area contributed by atoms with Gasteiger partial charge in [0, 0.05) is 0 Å². The van der Waals surface area contributed by atoms with E-state index in [-0.39, 0.29) is 5.91 Å². The lowest BCUT2D eigenvalue weighted by molar-refractivity contribution is -0.145. The number of nitrogens with one attached hydrogen (secondary N) is 1. The highest BCUT2D eigenvalue weighted by Gasteiger charge is 2.45. The zero-order valence-corrected chi connectivity index (χ0v) is 17.9. The number of carbonyl (C=O) groups is 2. The van der Waals surface area contributed by atoms with Crippen LogP contribution in [0.3, 0.4) is 0 Å². The highest BCUT2D eigenvalue weighted by Crippen LogP contribution is 2.39. The van der Waals surface area contributed by atoms with Gasteiger partial charge >= 0.3 is 5.97 Å². The standard InChI is InChI=1S/C27H27NO3/c1-20(2)19-24(25(29)31-3)28-26(30)27(21-13-7-4-8-14-21,22-15-9-5-10-16-22)23-17-11-6-12-18-23/h4-18,24H,1,19H2,2-3H3,(H,28,30)/t24-/m0/s1. The first-order chi connectivity index (χ1) is 15.0. The number of esters is 1. The van der Waals surface area contributed by atoms with Crippen molar-refractivity contribution < 1.29 is 14.3 Å². The van der Waals surface area contributed by atoms with E-state index < -0.39 is 17.4 Å². The second-order valence-electron chi connectivity index (χ2n) is 7.56. The van der Waals surface area contributed by atoms with Gasteiger partial charge in [0.25, 0.3) is 0 Å². The Morgan fingerprint density at radius 2 is 1.23 bits per heavy atom. The van der Waals surface area contributed by atoms with E-state index in [2.05, 4.69) is 11.9 Å². The number of benzene rings is 3. The third kappa shape index (κ3) is 4.58. The molecule has 0 spiro atoms. The predicted octanol–water partition coefficient (Wildman–Crippen LogP) is 4.65. The molecule has 1 atom stereocenters. The lowest BCUT2D eigenvalue weighted by Crippen LogP contribution is -2.52. The third-order valence-corrected chi connectivity index (χ3v) is 5.30. The second kappa shape index (κ2) is 9.90. The molecule has 0 fully saturated rings. The average molecular weight is 414 g/mol. The minimum absolute atomic E-state index is 0.298. The van der Waals surface area contributed by atoms with Crippen LogP contribution in [-0.4, -0.2) is 25.0 Å². The molecule has 4 heteroatoms. The second-order valence-corrected chi connectivity index (χ2v) is 7.56. The van der Waals surface area contributed by atoms with Crippen molar-refractivity contribution in [2.45, 2.75) is 24.8 Å². The number of ether oxygens (including phenoxy) is 1. The summed E-state index contributed by atoms with van der Waals surface area (Å²) >= 11 is 0. The molecular formula is C27H27NO3. The monoisotopic (exact) mass is 413 g/mol. The molecule has 3 aromatic carbocycles. The van der Waals surface area contributed by atoms with Gasteiger partial charge in [-0.1, -0.05) is 96.6 Å². The summed E-state index contributed by atoms with van der Waals surface area (Å²) in [4.78, 5) is 26.6. The molecule has 3 rings (SSSR count). The Balaban J connectivity index is 2.23. The van der Waals surface area contributed by atoms with Crippen molar-refractivity contribution in [3.63, 3.8) is 0 Å². The fourth-order valence-electron chi connectivity index (χ4n) is 3.91. The molecule has 31 heavy (non-hydrogen) atoms. The Bertz CT molecular complexity index is 933. The maximum Gasteiger partial charge on any atom is 0.328 e. The van der Waals surface area contributed by atoms with Gasteiger partial charge in [-0.25, -0.2) is 4.79 Å². The quantitative estimate of drug-likeness (QED) is 0.332. The van der Waals surface area contributed by atoms with Crippen LogP contribution >= 0.6 is 0 Å². The first-order valence-electron chi connectivity index (χ1n) is 10.2. The number of amides is 1. The molecule has 1 amide bonds. The van der Waals surface area contributed by atoms with E-state index in [0.29, 0.717) is 6.42 Å². The van der Waals surface area contributed by atoms with Gasteiger partial charge in [-0.05, 0) is 30.0 Å². The van der Waals surface area contributed by atoms with Gasteiger partial charge < -0.3 is 10.1 Å². The molecule has 0 aromatic heterocycles. The molecule has 0 unspecified atom stereocenters. The van der Waals surface area contributed by atoms with Crippen LogP contribution in [-0.2, 0) is 19.7 Å². The van der Waals surface area contributed by atoms with Crippen molar-refractivity contribution in [3.8, 4) is 0 Å². The SMILES string of the molecule is C=C(C)C[C@H](NC(=O)C(c1ccccc1)(c1ccccc1)c1ccccc1)C(=O)OC. The van der Waals surface area contributed by atoms with E-state index in [1.165, 1.54) is 7.11 Å². The maximum absolute atomic E-state index is 14.1. The molecule has 0 aliphatic rings. The normalized spacial score (nSPS) is 11.9. The van der Waals surface area contributed by atoms with Gasteiger partial charge in [0.15, 0.2) is 0 Å². The van der Waals surface area contributed by atoms with Crippen molar-refractivity contribution in [1.82, 2.24) is 5.32 Å². The van der Waals surface area contributed by atoms with Crippen LogP contribution in [0.4, 0.5) is 0 Å². The summed E-state index contributed by atoms with van der Waals surface area (Å²) in [6.45, 7) is 5.72. The summed E-state index contributed by atoms with van der Waals surface area (Å²) in [6.07, 6.45) is 0.298. The van der Waals surface area contributed by atoms with Crippen molar-refractivity contribution in [2.24, 2.45) is 0 Å². The Labute approximate surface area is 183 Å². The van der Waals surface area contributed by atoms with Gasteiger partial charge in [-0.15, -0.1) is 6.58 Å². The number of hydrogen-bond acceptors (Lipinski definition) is 3. The van der Waals surface area contributed by atoms with Crippen LogP contribution in [0.1, 0.15) is 30.0 Å². The summed E-state index contributed by atoms with van der Waals surface area (Å²) in [7, 11) is 1.32. The highest BCUT2D eigenvalue weighted by molar-refractivity contribution is 5.98. The largest absolute Gasteiger partial charge is 0.467 e. The van der Waals surface area contributed by atoms with Crippen molar-refractivity contribution in [2.75, 3.05) is 7.11 Å². The zero-order chi connectivity index (χ0) is 22.3. The molecule has 4 nitrogen and oxygen atoms in total. The summed E-state index contributed by atoms with van der Waals surface area (Å²) in [5, 5.41) is 2.96. The molecule has 158 valence electrons. The Hall–Kier alpha value is -3.66. The van der Waals surface area contributed by atoms with Crippen LogP contribution in [0.25, 0.3) is 0 Å². The number of carbonyl (C=O) groups excluding carboxylic acids is 2.